The van der Waals surface area contributed by atoms with Crippen LogP contribution in [-0.4, -0.2) is 84.9 Å². The van der Waals surface area contributed by atoms with Crippen LogP contribution in [0.1, 0.15) is 49.5 Å². The first kappa shape index (κ1) is 28.5. The SMILES string of the molecule is CN(C)CCN(CC(=O)c1ccc(F)c(C(F)(F)F)c1)C(=O)C1CCN(C(=O)OC(C)(C)C)CC1. The maximum absolute atomic E-state index is 13.6. The lowest BCUT2D eigenvalue weighted by atomic mass is 9.95. The zero-order valence-electron chi connectivity index (χ0n) is 20.7. The number of nitrogens with zero attached hydrogens (tertiary/aromatic N) is 3. The standard InChI is InChI=1S/C24H33F4N3O4/c1-23(2,3)35-22(34)30-10-8-16(9-11-30)21(33)31(13-12-29(4)5)15-20(32)17-6-7-19(25)18(14-17)24(26,27)28/h6-7,14,16H,8-13,15H2,1-5H3. The summed E-state index contributed by atoms with van der Waals surface area (Å²) in [6, 6.07) is 2.07. The number of likely N-dealkylation sites (tertiary alicyclic amines) is 1. The first-order valence-electron chi connectivity index (χ1n) is 11.4. The quantitative estimate of drug-likeness (QED) is 0.415. The molecular formula is C24H33F4N3O4. The van der Waals surface area contributed by atoms with Crippen molar-refractivity contribution in [3.8, 4) is 0 Å². The molecule has 0 aliphatic carbocycles. The molecule has 35 heavy (non-hydrogen) atoms. The third-order valence-corrected chi connectivity index (χ3v) is 5.55. The van der Waals surface area contributed by atoms with Gasteiger partial charge in [-0.1, -0.05) is 0 Å². The van der Waals surface area contributed by atoms with Gasteiger partial charge in [-0.05, 0) is 65.9 Å². The van der Waals surface area contributed by atoms with Gasteiger partial charge in [-0.25, -0.2) is 9.18 Å². The maximum Gasteiger partial charge on any atom is 0.419 e. The number of rotatable bonds is 7. The monoisotopic (exact) mass is 503 g/mol. The van der Waals surface area contributed by atoms with E-state index in [9.17, 15) is 31.9 Å². The van der Waals surface area contributed by atoms with Crippen LogP contribution in [0.4, 0.5) is 22.4 Å². The molecule has 0 saturated carbocycles. The highest BCUT2D eigenvalue weighted by Crippen LogP contribution is 2.32. The second-order valence-electron chi connectivity index (χ2n) is 9.92. The molecule has 0 N–H and O–H groups in total. The maximum atomic E-state index is 13.6. The summed E-state index contributed by atoms with van der Waals surface area (Å²) in [4.78, 5) is 43.0. The molecule has 0 spiro atoms. The molecule has 1 saturated heterocycles. The van der Waals surface area contributed by atoms with Gasteiger partial charge in [0.2, 0.25) is 5.91 Å². The van der Waals surface area contributed by atoms with Crippen molar-refractivity contribution in [3.05, 3.63) is 35.1 Å². The summed E-state index contributed by atoms with van der Waals surface area (Å²) >= 11 is 0. The molecule has 1 heterocycles. The van der Waals surface area contributed by atoms with E-state index in [4.69, 9.17) is 4.74 Å². The molecule has 0 aromatic heterocycles. The van der Waals surface area contributed by atoms with Crippen molar-refractivity contribution in [3.63, 3.8) is 0 Å². The third kappa shape index (κ3) is 8.48. The molecule has 2 rings (SSSR count). The zero-order valence-corrected chi connectivity index (χ0v) is 20.7. The van der Waals surface area contributed by atoms with Gasteiger partial charge in [0, 0.05) is 37.7 Å². The van der Waals surface area contributed by atoms with Crippen LogP contribution in [0.25, 0.3) is 0 Å². The summed E-state index contributed by atoms with van der Waals surface area (Å²) in [5, 5.41) is 0. The Kier molecular flexibility index (Phi) is 9.27. The molecule has 1 fully saturated rings. The lowest BCUT2D eigenvalue weighted by Crippen LogP contribution is -2.48. The van der Waals surface area contributed by atoms with Crippen LogP contribution in [0.3, 0.4) is 0 Å². The molecule has 0 atom stereocenters. The van der Waals surface area contributed by atoms with E-state index in [0.717, 1.165) is 6.07 Å². The van der Waals surface area contributed by atoms with Crippen molar-refractivity contribution in [2.75, 3.05) is 46.8 Å². The minimum Gasteiger partial charge on any atom is -0.444 e. The number of hydrogen-bond acceptors (Lipinski definition) is 5. The highest BCUT2D eigenvalue weighted by molar-refractivity contribution is 5.99. The Balaban J connectivity index is 2.11. The van der Waals surface area contributed by atoms with Crippen molar-refractivity contribution in [1.29, 1.82) is 0 Å². The average Bonchev–Trinajstić information content (AvgIpc) is 2.74. The van der Waals surface area contributed by atoms with Gasteiger partial charge in [0.15, 0.2) is 5.78 Å². The van der Waals surface area contributed by atoms with Crippen molar-refractivity contribution >= 4 is 17.8 Å². The van der Waals surface area contributed by atoms with Gasteiger partial charge < -0.3 is 19.4 Å². The van der Waals surface area contributed by atoms with E-state index in [-0.39, 0.29) is 18.0 Å². The molecule has 0 unspecified atom stereocenters. The fraction of sp³-hybridized carbons (Fsp3) is 0.625. The molecule has 7 nitrogen and oxygen atoms in total. The van der Waals surface area contributed by atoms with Gasteiger partial charge in [0.25, 0.3) is 0 Å². The smallest absolute Gasteiger partial charge is 0.419 e. The molecule has 196 valence electrons. The fourth-order valence-corrected chi connectivity index (χ4v) is 3.66. The molecule has 1 aliphatic heterocycles. The number of hydrogen-bond donors (Lipinski definition) is 0. The largest absolute Gasteiger partial charge is 0.444 e. The first-order chi connectivity index (χ1) is 16.1. The van der Waals surface area contributed by atoms with Crippen molar-refractivity contribution in [2.24, 2.45) is 5.92 Å². The van der Waals surface area contributed by atoms with Gasteiger partial charge >= 0.3 is 12.3 Å². The average molecular weight is 504 g/mol. The van der Waals surface area contributed by atoms with Gasteiger partial charge in [-0.15, -0.1) is 0 Å². The van der Waals surface area contributed by atoms with E-state index in [1.807, 2.05) is 4.90 Å². The first-order valence-corrected chi connectivity index (χ1v) is 11.4. The summed E-state index contributed by atoms with van der Waals surface area (Å²) in [6.45, 7) is 6.12. The van der Waals surface area contributed by atoms with Gasteiger partial charge in [-0.2, -0.15) is 13.2 Å². The van der Waals surface area contributed by atoms with Gasteiger partial charge in [0.05, 0.1) is 12.1 Å². The Hall–Kier alpha value is -2.69. The lowest BCUT2D eigenvalue weighted by Gasteiger charge is -2.35. The number of benzene rings is 1. The van der Waals surface area contributed by atoms with E-state index < -0.39 is 47.5 Å². The van der Waals surface area contributed by atoms with Gasteiger partial charge in [0.1, 0.15) is 11.4 Å². The normalized spacial score (nSPS) is 15.3. The van der Waals surface area contributed by atoms with E-state index >= 15 is 0 Å². The second-order valence-corrected chi connectivity index (χ2v) is 9.92. The van der Waals surface area contributed by atoms with Crippen LogP contribution in [0.2, 0.25) is 0 Å². The summed E-state index contributed by atoms with van der Waals surface area (Å²) in [6.07, 6.45) is -4.65. The van der Waals surface area contributed by atoms with Crippen LogP contribution < -0.4 is 0 Å². The molecule has 2 amide bonds. The van der Waals surface area contributed by atoms with Crippen molar-refractivity contribution in [2.45, 2.75) is 45.4 Å². The van der Waals surface area contributed by atoms with Gasteiger partial charge in [-0.3, -0.25) is 9.59 Å². The van der Waals surface area contributed by atoms with E-state index in [1.165, 1.54) is 9.80 Å². The predicted octanol–water partition coefficient (Wildman–Crippen LogP) is 4.06. The number of carbonyl (C=O) groups is 3. The Morgan fingerprint density at radius 2 is 1.66 bits per heavy atom. The number of likely N-dealkylation sites (N-methyl/N-ethyl adjacent to an activating group) is 1. The zero-order chi connectivity index (χ0) is 26.6. The number of carbonyl (C=O) groups excluding carboxylic acids is 3. The second kappa shape index (κ2) is 11.4. The van der Waals surface area contributed by atoms with Crippen LogP contribution in [0, 0.1) is 11.7 Å². The lowest BCUT2D eigenvalue weighted by molar-refractivity contribution is -0.140. The number of alkyl halides is 3. The van der Waals surface area contributed by atoms with E-state index in [0.29, 0.717) is 44.6 Å². The van der Waals surface area contributed by atoms with Crippen LogP contribution >= 0.6 is 0 Å². The molecule has 0 bridgehead atoms. The number of halogens is 4. The Morgan fingerprint density at radius 3 is 2.17 bits per heavy atom. The molecular weight excluding hydrogens is 470 g/mol. The Labute approximate surface area is 203 Å². The molecule has 1 aromatic rings. The number of amides is 2. The summed E-state index contributed by atoms with van der Waals surface area (Å²) in [5.74, 6) is -2.93. The number of ether oxygens (including phenoxy) is 1. The Morgan fingerprint density at radius 1 is 1.06 bits per heavy atom. The predicted molar refractivity (Wildman–Crippen MR) is 121 cm³/mol. The highest BCUT2D eigenvalue weighted by Gasteiger charge is 2.36. The fourth-order valence-electron chi connectivity index (χ4n) is 3.66. The minimum atomic E-state index is -4.94. The summed E-state index contributed by atoms with van der Waals surface area (Å²) in [7, 11) is 3.58. The van der Waals surface area contributed by atoms with E-state index in [2.05, 4.69) is 0 Å². The Bertz CT molecular complexity index is 920. The third-order valence-electron chi connectivity index (χ3n) is 5.55. The van der Waals surface area contributed by atoms with Crippen molar-refractivity contribution < 1.29 is 36.7 Å². The number of piperidine rings is 1. The summed E-state index contributed by atoms with van der Waals surface area (Å²) in [5.41, 5.74) is -2.48. The molecule has 0 radical (unpaired) electrons. The van der Waals surface area contributed by atoms with Crippen molar-refractivity contribution in [1.82, 2.24) is 14.7 Å². The minimum absolute atomic E-state index is 0.192. The number of Topliss-reactive ketones (excluding diaryl/α,β-unsaturated/α-hetero) is 1. The molecule has 1 aliphatic rings. The van der Waals surface area contributed by atoms with Crippen LogP contribution in [0.15, 0.2) is 18.2 Å². The highest BCUT2D eigenvalue weighted by atomic mass is 19.4. The topological polar surface area (TPSA) is 70.2 Å². The van der Waals surface area contributed by atoms with E-state index in [1.54, 1.807) is 34.9 Å². The molecule has 1 aromatic carbocycles. The number of ketones is 1. The van der Waals surface area contributed by atoms with Crippen LogP contribution in [-0.2, 0) is 15.7 Å². The van der Waals surface area contributed by atoms with Crippen LogP contribution in [0.5, 0.6) is 0 Å². The summed E-state index contributed by atoms with van der Waals surface area (Å²) < 4.78 is 58.1. The molecule has 11 heteroatoms.